The zero-order chi connectivity index (χ0) is 14.5. The lowest BCUT2D eigenvalue weighted by Crippen LogP contribution is -2.49. The molecule has 0 aromatic rings. The molecule has 5 aliphatic rings. The first kappa shape index (κ1) is 13.8. The van der Waals surface area contributed by atoms with Crippen molar-refractivity contribution in [3.63, 3.8) is 0 Å². The molecule has 3 fully saturated rings. The summed E-state index contributed by atoms with van der Waals surface area (Å²) in [4.78, 5) is 5.52. The van der Waals surface area contributed by atoms with Crippen LogP contribution in [0, 0.1) is 35.5 Å². The monoisotopic (exact) mass is 298 g/mol. The molecule has 0 aromatic heterocycles. The van der Waals surface area contributed by atoms with Crippen molar-refractivity contribution >= 4 is 0 Å². The summed E-state index contributed by atoms with van der Waals surface area (Å²) in [5.41, 5.74) is 0. The summed E-state index contributed by atoms with van der Waals surface area (Å²) in [5.74, 6) is 5.64. The van der Waals surface area contributed by atoms with E-state index < -0.39 is 0 Å². The van der Waals surface area contributed by atoms with E-state index in [1.54, 1.807) is 0 Å². The highest BCUT2D eigenvalue weighted by Gasteiger charge is 2.38. The maximum atomic E-state index is 2.76. The van der Waals surface area contributed by atoms with Crippen LogP contribution >= 0.6 is 0 Å². The van der Waals surface area contributed by atoms with Gasteiger partial charge in [-0.1, -0.05) is 24.3 Å². The third-order valence-electron chi connectivity index (χ3n) is 7.28. The van der Waals surface area contributed by atoms with Crippen LogP contribution in [0.1, 0.15) is 25.7 Å². The number of rotatable bonds is 4. The molecule has 0 radical (unpaired) electrons. The van der Waals surface area contributed by atoms with E-state index in [1.807, 2.05) is 0 Å². The Hall–Kier alpha value is -0.600. The molecule has 120 valence electrons. The average Bonchev–Trinajstić information content (AvgIpc) is 3.29. The van der Waals surface area contributed by atoms with Crippen LogP contribution in [0.3, 0.4) is 0 Å². The number of piperazine rings is 1. The van der Waals surface area contributed by atoms with Crippen LogP contribution in [0.5, 0.6) is 0 Å². The van der Waals surface area contributed by atoms with Crippen molar-refractivity contribution in [2.24, 2.45) is 35.5 Å². The minimum atomic E-state index is 0.920. The highest BCUT2D eigenvalue weighted by Crippen LogP contribution is 2.44. The van der Waals surface area contributed by atoms with Gasteiger partial charge in [-0.15, -0.1) is 0 Å². The number of allylic oxidation sites excluding steroid dienone is 4. The van der Waals surface area contributed by atoms with Crippen LogP contribution in [-0.4, -0.2) is 49.1 Å². The fourth-order valence-electron chi connectivity index (χ4n) is 6.03. The molecule has 6 atom stereocenters. The minimum Gasteiger partial charge on any atom is -0.300 e. The smallest absolute Gasteiger partial charge is 0.0110 e. The fraction of sp³-hybridized carbons (Fsp3) is 0.800. The van der Waals surface area contributed by atoms with Crippen LogP contribution in [0.15, 0.2) is 24.3 Å². The average molecular weight is 298 g/mol. The Bertz CT molecular complexity index is 430. The van der Waals surface area contributed by atoms with Gasteiger partial charge in [0.2, 0.25) is 0 Å². The second-order valence-electron chi connectivity index (χ2n) is 8.68. The van der Waals surface area contributed by atoms with E-state index in [9.17, 15) is 0 Å². The molecule has 5 rings (SSSR count). The first-order chi connectivity index (χ1) is 10.8. The van der Waals surface area contributed by atoms with Crippen LogP contribution in [-0.2, 0) is 0 Å². The Kier molecular flexibility index (Phi) is 3.44. The summed E-state index contributed by atoms with van der Waals surface area (Å²) in [6.07, 6.45) is 15.8. The van der Waals surface area contributed by atoms with Gasteiger partial charge in [0.25, 0.3) is 0 Å². The minimum absolute atomic E-state index is 0.920. The largest absolute Gasteiger partial charge is 0.300 e. The van der Waals surface area contributed by atoms with Gasteiger partial charge >= 0.3 is 0 Å². The van der Waals surface area contributed by atoms with Crippen molar-refractivity contribution in [3.8, 4) is 0 Å². The summed E-state index contributed by atoms with van der Waals surface area (Å²) in [6.45, 7) is 8.00. The number of hydrogen-bond acceptors (Lipinski definition) is 2. The van der Waals surface area contributed by atoms with E-state index in [1.165, 1.54) is 65.0 Å². The number of nitrogens with zero attached hydrogens (tertiary/aromatic N) is 2. The number of fused-ring (bicyclic) bond motifs is 4. The predicted molar refractivity (Wildman–Crippen MR) is 90.6 cm³/mol. The lowest BCUT2D eigenvalue weighted by molar-refractivity contribution is 0.0976. The quantitative estimate of drug-likeness (QED) is 0.736. The summed E-state index contributed by atoms with van der Waals surface area (Å²) in [6, 6.07) is 0. The predicted octanol–water partition coefficient (Wildman–Crippen LogP) is 3.03. The topological polar surface area (TPSA) is 6.48 Å². The fourth-order valence-corrected chi connectivity index (χ4v) is 6.03. The molecule has 2 saturated carbocycles. The first-order valence-corrected chi connectivity index (χ1v) is 9.65. The van der Waals surface area contributed by atoms with E-state index in [0.717, 1.165) is 35.5 Å². The van der Waals surface area contributed by atoms with E-state index in [2.05, 4.69) is 34.1 Å². The van der Waals surface area contributed by atoms with Crippen LogP contribution in [0.2, 0.25) is 0 Å². The zero-order valence-electron chi connectivity index (χ0n) is 13.7. The molecule has 1 heterocycles. The van der Waals surface area contributed by atoms with Gasteiger partial charge in [-0.05, 0) is 61.2 Å². The highest BCUT2D eigenvalue weighted by atomic mass is 15.3. The van der Waals surface area contributed by atoms with Crippen LogP contribution in [0.25, 0.3) is 0 Å². The van der Waals surface area contributed by atoms with Gasteiger partial charge in [0.05, 0.1) is 0 Å². The Morgan fingerprint density at radius 2 is 1.05 bits per heavy atom. The number of hydrogen-bond donors (Lipinski definition) is 0. The second kappa shape index (κ2) is 5.49. The van der Waals surface area contributed by atoms with E-state index in [0.29, 0.717) is 0 Å². The van der Waals surface area contributed by atoms with Gasteiger partial charge in [0.15, 0.2) is 0 Å². The Balaban J connectivity index is 1.09. The summed E-state index contributed by atoms with van der Waals surface area (Å²) >= 11 is 0. The molecule has 0 amide bonds. The standard InChI is InChI=1S/C20H30N2/c1-3-17-9-15(1)11-19(17)13-21-5-7-22(8-6-21)14-20-12-16-2-4-18(20)10-16/h1-4,15-20H,5-14H2/t15-,16-,17-,18-,19-,20-/m0/s1. The van der Waals surface area contributed by atoms with Gasteiger partial charge < -0.3 is 9.80 Å². The lowest BCUT2D eigenvalue weighted by atomic mass is 9.92. The maximum absolute atomic E-state index is 2.76. The SMILES string of the molecule is C1=C[C@H]2C[C@H]1C[C@H]2CN1CCN(C[C@@H]2C[C@H]3C=C[C@H]2C3)CC1. The van der Waals surface area contributed by atoms with E-state index in [-0.39, 0.29) is 0 Å². The zero-order valence-corrected chi connectivity index (χ0v) is 13.7. The van der Waals surface area contributed by atoms with Crippen molar-refractivity contribution in [2.75, 3.05) is 39.3 Å². The van der Waals surface area contributed by atoms with Crippen molar-refractivity contribution in [3.05, 3.63) is 24.3 Å². The Labute approximate surface area is 135 Å². The Morgan fingerprint density at radius 1 is 0.591 bits per heavy atom. The van der Waals surface area contributed by atoms with Crippen molar-refractivity contribution < 1.29 is 0 Å². The summed E-state index contributed by atoms with van der Waals surface area (Å²) in [7, 11) is 0. The molecule has 4 bridgehead atoms. The Morgan fingerprint density at radius 3 is 1.36 bits per heavy atom. The van der Waals surface area contributed by atoms with Crippen LogP contribution < -0.4 is 0 Å². The van der Waals surface area contributed by atoms with Crippen molar-refractivity contribution in [1.29, 1.82) is 0 Å². The van der Waals surface area contributed by atoms with Gasteiger partial charge in [0.1, 0.15) is 0 Å². The van der Waals surface area contributed by atoms with Gasteiger partial charge in [-0.2, -0.15) is 0 Å². The van der Waals surface area contributed by atoms with Crippen molar-refractivity contribution in [2.45, 2.75) is 25.7 Å². The third kappa shape index (κ3) is 2.49. The van der Waals surface area contributed by atoms with Crippen molar-refractivity contribution in [1.82, 2.24) is 9.80 Å². The summed E-state index contributed by atoms with van der Waals surface area (Å²) in [5, 5.41) is 0. The second-order valence-corrected chi connectivity index (χ2v) is 8.68. The lowest BCUT2D eigenvalue weighted by Gasteiger charge is -2.38. The van der Waals surface area contributed by atoms with Gasteiger partial charge in [-0.25, -0.2) is 0 Å². The molecule has 0 aromatic carbocycles. The third-order valence-corrected chi connectivity index (χ3v) is 7.28. The molecule has 22 heavy (non-hydrogen) atoms. The molecule has 0 spiro atoms. The molecule has 0 N–H and O–H groups in total. The molecular formula is C20H30N2. The molecule has 2 nitrogen and oxygen atoms in total. The van der Waals surface area contributed by atoms with Gasteiger partial charge in [0, 0.05) is 39.3 Å². The van der Waals surface area contributed by atoms with E-state index >= 15 is 0 Å². The maximum Gasteiger partial charge on any atom is 0.0110 e. The molecular weight excluding hydrogens is 268 g/mol. The molecule has 1 aliphatic heterocycles. The molecule has 4 aliphatic carbocycles. The molecule has 2 heteroatoms. The summed E-state index contributed by atoms with van der Waals surface area (Å²) < 4.78 is 0. The highest BCUT2D eigenvalue weighted by molar-refractivity contribution is 5.11. The van der Waals surface area contributed by atoms with E-state index in [4.69, 9.17) is 0 Å². The first-order valence-electron chi connectivity index (χ1n) is 9.65. The normalized spacial score (nSPS) is 47.1. The van der Waals surface area contributed by atoms with Gasteiger partial charge in [-0.3, -0.25) is 0 Å². The molecule has 1 saturated heterocycles. The molecule has 0 unspecified atom stereocenters. The van der Waals surface area contributed by atoms with Crippen LogP contribution in [0.4, 0.5) is 0 Å².